The third kappa shape index (κ3) is 2.54. The molecule has 0 aliphatic rings. The predicted octanol–water partition coefficient (Wildman–Crippen LogP) is 0.591. The number of hydrogen-bond donors (Lipinski definition) is 2. The number of hydrazine groups is 1. The number of benzene rings is 1. The monoisotopic (exact) mass is 208 g/mol. The van der Waals surface area contributed by atoms with Gasteiger partial charge < -0.3 is 5.11 Å². The molecule has 0 radical (unpaired) electrons. The Labute approximate surface area is 87.3 Å². The van der Waals surface area contributed by atoms with E-state index in [-0.39, 0.29) is 11.5 Å². The van der Waals surface area contributed by atoms with Crippen LogP contribution in [-0.2, 0) is 0 Å². The highest BCUT2D eigenvalue weighted by atomic mass is 16.4. The van der Waals surface area contributed by atoms with Crippen LogP contribution in [0.15, 0.2) is 24.3 Å². The average molecular weight is 208 g/mol. The molecule has 0 saturated carbocycles. The zero-order valence-electron chi connectivity index (χ0n) is 8.52. The maximum absolute atomic E-state index is 11.6. The van der Waals surface area contributed by atoms with Crippen molar-refractivity contribution < 1.29 is 14.7 Å². The van der Waals surface area contributed by atoms with Gasteiger partial charge in [-0.05, 0) is 24.3 Å². The van der Waals surface area contributed by atoms with Crippen LogP contribution in [-0.4, -0.2) is 36.1 Å². The largest absolute Gasteiger partial charge is 0.478 e. The van der Waals surface area contributed by atoms with E-state index in [1.807, 2.05) is 0 Å². The molecule has 0 saturated heterocycles. The Balaban J connectivity index is 2.89. The molecule has 80 valence electrons. The Morgan fingerprint density at radius 3 is 2.07 bits per heavy atom. The molecule has 1 amide bonds. The van der Waals surface area contributed by atoms with Gasteiger partial charge in [-0.2, -0.15) is 0 Å². The number of nitrogens with zero attached hydrogens (tertiary/aromatic N) is 1. The highest BCUT2D eigenvalue weighted by Crippen LogP contribution is 2.06. The maximum Gasteiger partial charge on any atom is 0.335 e. The van der Waals surface area contributed by atoms with E-state index in [1.54, 1.807) is 14.1 Å². The third-order valence-electron chi connectivity index (χ3n) is 2.02. The predicted molar refractivity (Wildman–Crippen MR) is 54.6 cm³/mol. The Morgan fingerprint density at radius 2 is 1.67 bits per heavy atom. The SMILES string of the molecule is CNN(C)C(=O)c1ccc(C(=O)O)cc1. The molecule has 1 rings (SSSR count). The fourth-order valence-corrected chi connectivity index (χ4v) is 1.05. The summed E-state index contributed by atoms with van der Waals surface area (Å²) in [6.07, 6.45) is 0. The van der Waals surface area contributed by atoms with Gasteiger partial charge in [-0.25, -0.2) is 10.2 Å². The molecular formula is C10H12N2O3. The van der Waals surface area contributed by atoms with Crippen LogP contribution in [0.25, 0.3) is 0 Å². The topological polar surface area (TPSA) is 69.6 Å². The summed E-state index contributed by atoms with van der Waals surface area (Å²) in [4.78, 5) is 22.1. The number of carbonyl (C=O) groups is 2. The summed E-state index contributed by atoms with van der Waals surface area (Å²) in [7, 11) is 3.22. The Morgan fingerprint density at radius 1 is 1.20 bits per heavy atom. The number of hydrogen-bond acceptors (Lipinski definition) is 3. The molecule has 0 atom stereocenters. The fraction of sp³-hybridized carbons (Fsp3) is 0.200. The van der Waals surface area contributed by atoms with E-state index in [0.717, 1.165) is 0 Å². The molecule has 0 spiro atoms. The van der Waals surface area contributed by atoms with Gasteiger partial charge in [0.05, 0.1) is 5.56 Å². The molecule has 1 aromatic rings. The first kappa shape index (κ1) is 11.2. The molecule has 0 aromatic heterocycles. The second-order valence-electron chi connectivity index (χ2n) is 2.97. The van der Waals surface area contributed by atoms with E-state index < -0.39 is 5.97 Å². The van der Waals surface area contributed by atoms with Crippen molar-refractivity contribution in [3.05, 3.63) is 35.4 Å². The standard InChI is InChI=1S/C10H12N2O3/c1-11-12(2)9(13)7-3-5-8(6-4-7)10(14)15/h3-6,11H,1-2H3,(H,14,15). The summed E-state index contributed by atoms with van der Waals surface area (Å²) in [5.41, 5.74) is 3.27. The molecule has 5 nitrogen and oxygen atoms in total. The Hall–Kier alpha value is -1.88. The molecule has 1 aromatic carbocycles. The number of carboxylic acid groups (broad SMARTS) is 1. The molecule has 2 N–H and O–H groups in total. The van der Waals surface area contributed by atoms with Crippen molar-refractivity contribution >= 4 is 11.9 Å². The molecule has 0 aliphatic heterocycles. The second-order valence-corrected chi connectivity index (χ2v) is 2.97. The van der Waals surface area contributed by atoms with Gasteiger partial charge in [0.1, 0.15) is 0 Å². The minimum absolute atomic E-state index is 0.165. The maximum atomic E-state index is 11.6. The van der Waals surface area contributed by atoms with E-state index in [4.69, 9.17) is 5.11 Å². The van der Waals surface area contributed by atoms with E-state index in [0.29, 0.717) is 5.56 Å². The van der Waals surface area contributed by atoms with Crippen molar-refractivity contribution in [2.75, 3.05) is 14.1 Å². The smallest absolute Gasteiger partial charge is 0.335 e. The van der Waals surface area contributed by atoms with Gasteiger partial charge in [-0.15, -0.1) is 0 Å². The number of nitrogens with one attached hydrogen (secondary N) is 1. The summed E-state index contributed by atoms with van der Waals surface area (Å²) >= 11 is 0. The lowest BCUT2D eigenvalue weighted by atomic mass is 10.1. The van der Waals surface area contributed by atoms with Gasteiger partial charge in [0.15, 0.2) is 0 Å². The van der Waals surface area contributed by atoms with Crippen molar-refractivity contribution in [2.45, 2.75) is 0 Å². The quantitative estimate of drug-likeness (QED) is 0.713. The zero-order valence-corrected chi connectivity index (χ0v) is 8.52. The molecular weight excluding hydrogens is 196 g/mol. The lowest BCUT2D eigenvalue weighted by molar-refractivity contribution is 0.0692. The number of aromatic carboxylic acids is 1. The van der Waals surface area contributed by atoms with Crippen molar-refractivity contribution in [2.24, 2.45) is 0 Å². The summed E-state index contributed by atoms with van der Waals surface area (Å²) < 4.78 is 0. The molecule has 0 unspecified atom stereocenters. The van der Waals surface area contributed by atoms with Crippen LogP contribution in [0.2, 0.25) is 0 Å². The Kier molecular flexibility index (Phi) is 3.41. The van der Waals surface area contributed by atoms with Crippen molar-refractivity contribution in [1.82, 2.24) is 10.4 Å². The third-order valence-corrected chi connectivity index (χ3v) is 2.02. The van der Waals surface area contributed by atoms with Crippen molar-refractivity contribution in [3.63, 3.8) is 0 Å². The van der Waals surface area contributed by atoms with Crippen molar-refractivity contribution in [1.29, 1.82) is 0 Å². The van der Waals surface area contributed by atoms with Crippen LogP contribution in [0, 0.1) is 0 Å². The van der Waals surface area contributed by atoms with Gasteiger partial charge in [-0.3, -0.25) is 9.80 Å². The van der Waals surface area contributed by atoms with Crippen LogP contribution < -0.4 is 5.43 Å². The van der Waals surface area contributed by atoms with Crippen LogP contribution in [0.1, 0.15) is 20.7 Å². The molecule has 0 bridgehead atoms. The molecule has 0 aliphatic carbocycles. The van der Waals surface area contributed by atoms with Crippen LogP contribution in [0.5, 0.6) is 0 Å². The summed E-state index contributed by atoms with van der Waals surface area (Å²) in [5.74, 6) is -1.22. The fourth-order valence-electron chi connectivity index (χ4n) is 1.05. The highest BCUT2D eigenvalue weighted by molar-refractivity contribution is 5.95. The van der Waals surface area contributed by atoms with Crippen LogP contribution >= 0.6 is 0 Å². The van der Waals surface area contributed by atoms with E-state index >= 15 is 0 Å². The minimum atomic E-state index is -1.00. The molecule has 0 heterocycles. The van der Waals surface area contributed by atoms with Gasteiger partial charge in [0.2, 0.25) is 0 Å². The first-order chi connectivity index (χ1) is 7.06. The molecule has 5 heteroatoms. The number of amides is 1. The lowest BCUT2D eigenvalue weighted by Gasteiger charge is -2.14. The lowest BCUT2D eigenvalue weighted by Crippen LogP contribution is -2.36. The van der Waals surface area contributed by atoms with E-state index in [2.05, 4.69) is 5.43 Å². The summed E-state index contributed by atoms with van der Waals surface area (Å²) in [5, 5.41) is 9.98. The normalized spacial score (nSPS) is 9.73. The highest BCUT2D eigenvalue weighted by Gasteiger charge is 2.10. The van der Waals surface area contributed by atoms with Gasteiger partial charge >= 0.3 is 5.97 Å². The average Bonchev–Trinajstić information content (AvgIpc) is 2.27. The first-order valence-corrected chi connectivity index (χ1v) is 4.35. The summed E-state index contributed by atoms with van der Waals surface area (Å²) in [6, 6.07) is 5.78. The number of carboxylic acids is 1. The molecule has 15 heavy (non-hydrogen) atoms. The number of rotatable bonds is 3. The van der Waals surface area contributed by atoms with Gasteiger partial charge in [0.25, 0.3) is 5.91 Å². The van der Waals surface area contributed by atoms with Gasteiger partial charge in [-0.1, -0.05) is 0 Å². The summed E-state index contributed by atoms with van der Waals surface area (Å²) in [6.45, 7) is 0. The molecule has 0 fully saturated rings. The van der Waals surface area contributed by atoms with E-state index in [9.17, 15) is 9.59 Å². The minimum Gasteiger partial charge on any atom is -0.478 e. The van der Waals surface area contributed by atoms with Crippen molar-refractivity contribution in [3.8, 4) is 0 Å². The second kappa shape index (κ2) is 4.56. The number of carbonyl (C=O) groups excluding carboxylic acids is 1. The van der Waals surface area contributed by atoms with Gasteiger partial charge in [0, 0.05) is 19.7 Å². The Bertz CT molecular complexity index is 373. The van der Waals surface area contributed by atoms with Crippen LogP contribution in [0.3, 0.4) is 0 Å². The van der Waals surface area contributed by atoms with E-state index in [1.165, 1.54) is 29.3 Å². The first-order valence-electron chi connectivity index (χ1n) is 4.35. The zero-order chi connectivity index (χ0) is 11.4. The van der Waals surface area contributed by atoms with Crippen LogP contribution in [0.4, 0.5) is 0 Å².